The topological polar surface area (TPSA) is 47.6 Å². The monoisotopic (exact) mass is 409 g/mol. The Hall–Kier alpha value is -3.36. The highest BCUT2D eigenvalue weighted by Crippen LogP contribution is 2.40. The average Bonchev–Trinajstić information content (AvgIpc) is 3.43. The number of nitrogens with zero attached hydrogens (tertiary/aromatic N) is 5. The van der Waals surface area contributed by atoms with Crippen LogP contribution in [0.4, 0.5) is 5.82 Å². The molecule has 0 bridgehead atoms. The third kappa shape index (κ3) is 3.07. The number of rotatable bonds is 4. The van der Waals surface area contributed by atoms with Gasteiger partial charge < -0.3 is 9.80 Å². The summed E-state index contributed by atoms with van der Waals surface area (Å²) in [6.07, 6.45) is 1.98. The number of benzene rings is 2. The van der Waals surface area contributed by atoms with Crippen molar-refractivity contribution in [3.8, 4) is 17.2 Å². The van der Waals surface area contributed by atoms with Crippen molar-refractivity contribution in [2.75, 3.05) is 32.1 Å². The molecule has 0 radical (unpaired) electrons. The fourth-order valence-corrected chi connectivity index (χ4v) is 4.97. The molecule has 1 aliphatic rings. The summed E-state index contributed by atoms with van der Waals surface area (Å²) in [7, 11) is 4.32. The van der Waals surface area contributed by atoms with E-state index in [2.05, 4.69) is 65.6 Å². The van der Waals surface area contributed by atoms with E-state index in [1.165, 1.54) is 11.4 Å². The zero-order valence-corrected chi connectivity index (χ0v) is 18.3. The Balaban J connectivity index is 1.90. The van der Waals surface area contributed by atoms with Crippen LogP contribution in [0, 0.1) is 11.3 Å². The molecule has 4 aromatic rings. The molecule has 5 rings (SSSR count). The summed E-state index contributed by atoms with van der Waals surface area (Å²) in [6, 6.07) is 21.5. The minimum absolute atomic E-state index is 0.519. The smallest absolute Gasteiger partial charge is 0.158 e. The van der Waals surface area contributed by atoms with Crippen LogP contribution in [0.1, 0.15) is 24.5 Å². The molecule has 1 aliphatic heterocycles. The maximum absolute atomic E-state index is 10.3. The van der Waals surface area contributed by atoms with Gasteiger partial charge in [-0.25, -0.2) is 4.98 Å². The molecular formula is C26H27N5. The normalized spacial score (nSPS) is 16.5. The molecule has 1 fully saturated rings. The minimum Gasteiger partial charge on any atom is -0.356 e. The quantitative estimate of drug-likeness (QED) is 0.489. The van der Waals surface area contributed by atoms with Gasteiger partial charge in [0.15, 0.2) is 5.65 Å². The lowest BCUT2D eigenvalue weighted by molar-refractivity contribution is 0.315. The lowest BCUT2D eigenvalue weighted by Gasteiger charge is -2.27. The Bertz CT molecular complexity index is 1300. The van der Waals surface area contributed by atoms with Crippen LogP contribution in [-0.4, -0.2) is 47.5 Å². The summed E-state index contributed by atoms with van der Waals surface area (Å²) in [6.45, 7) is 4.16. The first-order valence-electron chi connectivity index (χ1n) is 11.0. The molecule has 1 atom stereocenters. The van der Waals surface area contributed by atoms with Gasteiger partial charge in [-0.3, -0.25) is 4.40 Å². The summed E-state index contributed by atoms with van der Waals surface area (Å²) in [4.78, 5) is 9.75. The number of nitriles is 1. The zero-order valence-electron chi connectivity index (χ0n) is 18.3. The second kappa shape index (κ2) is 7.72. The Morgan fingerprint density at radius 2 is 1.84 bits per heavy atom. The Kier molecular flexibility index (Phi) is 4.88. The van der Waals surface area contributed by atoms with E-state index >= 15 is 0 Å². The highest BCUT2D eigenvalue weighted by molar-refractivity contribution is 5.92. The second-order valence-corrected chi connectivity index (χ2v) is 8.50. The first-order valence-corrected chi connectivity index (χ1v) is 11.0. The molecule has 2 aromatic carbocycles. The van der Waals surface area contributed by atoms with Gasteiger partial charge in [-0.05, 0) is 44.6 Å². The van der Waals surface area contributed by atoms with Crippen molar-refractivity contribution in [1.82, 2.24) is 14.3 Å². The van der Waals surface area contributed by atoms with Crippen molar-refractivity contribution < 1.29 is 0 Å². The summed E-state index contributed by atoms with van der Waals surface area (Å²) in [5.41, 5.74) is 6.72. The van der Waals surface area contributed by atoms with Crippen molar-refractivity contribution in [2.24, 2.45) is 0 Å². The van der Waals surface area contributed by atoms with Crippen molar-refractivity contribution in [3.63, 3.8) is 0 Å². The number of anilines is 1. The SMILES string of the molecule is CCc1c(-c2ccccc2)c(C#N)c2nc3ccccc3n2c1N1CC[C@H](N(C)C)C1. The summed E-state index contributed by atoms with van der Waals surface area (Å²) in [5, 5.41) is 10.3. The van der Waals surface area contributed by atoms with Crippen molar-refractivity contribution in [2.45, 2.75) is 25.8 Å². The van der Waals surface area contributed by atoms with Crippen LogP contribution in [0.2, 0.25) is 0 Å². The van der Waals surface area contributed by atoms with Crippen molar-refractivity contribution in [3.05, 3.63) is 65.7 Å². The van der Waals surface area contributed by atoms with Crippen LogP contribution in [0.25, 0.3) is 27.8 Å². The van der Waals surface area contributed by atoms with Gasteiger partial charge in [-0.2, -0.15) is 5.26 Å². The predicted molar refractivity (Wildman–Crippen MR) is 127 cm³/mol. The van der Waals surface area contributed by atoms with Gasteiger partial charge in [-0.1, -0.05) is 49.4 Å². The standard InChI is InChI=1S/C26H27N5/c1-4-20-24(18-10-6-5-7-11-18)21(16-27)25-28-22-12-8-9-13-23(22)31(25)26(20)30-15-14-19(17-30)29(2)3/h5-13,19H,4,14-15,17H2,1-3H3/t19-/m0/s1. The Labute approximate surface area is 183 Å². The number of imidazole rings is 1. The van der Waals surface area contributed by atoms with E-state index in [1.54, 1.807) is 0 Å². The van der Waals surface area contributed by atoms with Gasteiger partial charge in [0.05, 0.1) is 11.0 Å². The molecule has 3 heterocycles. The van der Waals surface area contributed by atoms with Crippen LogP contribution in [0.3, 0.4) is 0 Å². The van der Waals surface area contributed by atoms with Gasteiger partial charge in [0.25, 0.3) is 0 Å². The molecule has 0 spiro atoms. The van der Waals surface area contributed by atoms with E-state index in [0.717, 1.165) is 53.7 Å². The number of hydrogen-bond acceptors (Lipinski definition) is 4. The first-order chi connectivity index (χ1) is 15.1. The minimum atomic E-state index is 0.519. The highest BCUT2D eigenvalue weighted by Gasteiger charge is 2.31. The Morgan fingerprint density at radius 3 is 2.52 bits per heavy atom. The summed E-state index contributed by atoms with van der Waals surface area (Å²) < 4.78 is 2.23. The van der Waals surface area contributed by atoms with Gasteiger partial charge in [0.2, 0.25) is 0 Å². The third-order valence-electron chi connectivity index (χ3n) is 6.54. The van der Waals surface area contributed by atoms with E-state index in [1.807, 2.05) is 30.3 Å². The molecule has 2 aromatic heterocycles. The Morgan fingerprint density at radius 1 is 1.10 bits per heavy atom. The molecule has 0 N–H and O–H groups in total. The van der Waals surface area contributed by atoms with Crippen molar-refractivity contribution >= 4 is 22.5 Å². The van der Waals surface area contributed by atoms with Gasteiger partial charge in [-0.15, -0.1) is 0 Å². The van der Waals surface area contributed by atoms with Crippen molar-refractivity contribution in [1.29, 1.82) is 5.26 Å². The summed E-state index contributed by atoms with van der Waals surface area (Å²) >= 11 is 0. The zero-order chi connectivity index (χ0) is 21.5. The van der Waals surface area contributed by atoms with E-state index in [9.17, 15) is 5.26 Å². The molecule has 1 saturated heterocycles. The molecule has 0 unspecified atom stereocenters. The third-order valence-corrected chi connectivity index (χ3v) is 6.54. The maximum Gasteiger partial charge on any atom is 0.158 e. The van der Waals surface area contributed by atoms with Gasteiger partial charge in [0, 0.05) is 30.3 Å². The fourth-order valence-electron chi connectivity index (χ4n) is 4.97. The maximum atomic E-state index is 10.3. The lowest BCUT2D eigenvalue weighted by Crippen LogP contribution is -2.32. The second-order valence-electron chi connectivity index (χ2n) is 8.50. The van der Waals surface area contributed by atoms with E-state index in [-0.39, 0.29) is 0 Å². The number of aromatic nitrogens is 2. The van der Waals surface area contributed by atoms with E-state index in [4.69, 9.17) is 4.98 Å². The van der Waals surface area contributed by atoms with Crippen LogP contribution in [0.15, 0.2) is 54.6 Å². The fraction of sp³-hybridized carbons (Fsp3) is 0.308. The molecular weight excluding hydrogens is 382 g/mol. The van der Waals surface area contributed by atoms with E-state index < -0.39 is 0 Å². The van der Waals surface area contributed by atoms with Crippen LogP contribution < -0.4 is 4.90 Å². The number of pyridine rings is 1. The number of hydrogen-bond donors (Lipinski definition) is 0. The van der Waals surface area contributed by atoms with Crippen LogP contribution >= 0.6 is 0 Å². The average molecular weight is 410 g/mol. The lowest BCUT2D eigenvalue weighted by atomic mass is 9.94. The molecule has 5 nitrogen and oxygen atoms in total. The molecule has 0 aliphatic carbocycles. The largest absolute Gasteiger partial charge is 0.356 e. The predicted octanol–water partition coefficient (Wildman–Crippen LogP) is 4.73. The molecule has 156 valence electrons. The number of para-hydroxylation sites is 2. The summed E-state index contributed by atoms with van der Waals surface area (Å²) in [5.74, 6) is 1.19. The number of fused-ring (bicyclic) bond motifs is 3. The van der Waals surface area contributed by atoms with E-state index in [0.29, 0.717) is 11.6 Å². The molecule has 0 saturated carbocycles. The first kappa shape index (κ1) is 19.6. The van der Waals surface area contributed by atoms with Gasteiger partial charge >= 0.3 is 0 Å². The molecule has 0 amide bonds. The number of likely N-dealkylation sites (N-methyl/N-ethyl adjacent to an activating group) is 1. The van der Waals surface area contributed by atoms with Gasteiger partial charge in [0.1, 0.15) is 17.5 Å². The molecule has 31 heavy (non-hydrogen) atoms. The van der Waals surface area contributed by atoms with Crippen LogP contribution in [0.5, 0.6) is 0 Å². The van der Waals surface area contributed by atoms with Crippen LogP contribution in [-0.2, 0) is 6.42 Å². The highest BCUT2D eigenvalue weighted by atomic mass is 15.3. The molecule has 5 heteroatoms.